The van der Waals surface area contributed by atoms with Crippen LogP contribution in [0.15, 0.2) is 28.9 Å². The normalized spacial score (nSPS) is 19.5. The van der Waals surface area contributed by atoms with Gasteiger partial charge in [0.2, 0.25) is 11.7 Å². The topological polar surface area (TPSA) is 120 Å². The molecule has 3 aromatic rings. The number of likely N-dealkylation sites (tertiary alicyclic amines) is 1. The van der Waals surface area contributed by atoms with Crippen LogP contribution in [0, 0.1) is 0 Å². The van der Waals surface area contributed by atoms with Crippen molar-refractivity contribution in [1.29, 1.82) is 0 Å². The maximum Gasteiger partial charge on any atom is 0.410 e. The van der Waals surface area contributed by atoms with E-state index < -0.39 is 15.4 Å². The van der Waals surface area contributed by atoms with Gasteiger partial charge in [0.1, 0.15) is 5.60 Å². The van der Waals surface area contributed by atoms with Crippen molar-refractivity contribution in [3.8, 4) is 11.4 Å². The molecule has 0 N–H and O–H groups in total. The molecule has 2 fully saturated rings. The summed E-state index contributed by atoms with van der Waals surface area (Å²) in [6, 6.07) is 5.62. The highest BCUT2D eigenvalue weighted by atomic mass is 32.2. The van der Waals surface area contributed by atoms with Crippen LogP contribution in [0.25, 0.3) is 22.3 Å². The van der Waals surface area contributed by atoms with E-state index in [1.807, 2.05) is 39.0 Å². The third kappa shape index (κ3) is 4.46. The third-order valence-corrected chi connectivity index (χ3v) is 7.82. The fraction of sp³-hybridized carbons (Fsp3) is 0.545. The van der Waals surface area contributed by atoms with Crippen molar-refractivity contribution < 1.29 is 22.5 Å². The Balaban J connectivity index is 1.29. The van der Waals surface area contributed by atoms with E-state index in [4.69, 9.17) is 9.26 Å². The van der Waals surface area contributed by atoms with Crippen molar-refractivity contribution in [1.82, 2.24) is 24.8 Å². The van der Waals surface area contributed by atoms with Gasteiger partial charge in [-0.25, -0.2) is 13.2 Å². The number of hydrogen-bond acceptors (Lipinski definition) is 8. The number of carbonyl (C=O) groups is 1. The number of benzene rings is 1. The number of nitrogens with zero attached hydrogens (tertiary/aromatic N) is 5. The molecule has 5 rings (SSSR count). The maximum absolute atomic E-state index is 12.3. The Morgan fingerprint density at radius 1 is 1.18 bits per heavy atom. The molecule has 0 aliphatic carbocycles. The molecule has 2 saturated heterocycles. The second-order valence-corrected chi connectivity index (χ2v) is 11.9. The van der Waals surface area contributed by atoms with E-state index in [1.165, 1.54) is 0 Å². The molecule has 2 aliphatic rings. The van der Waals surface area contributed by atoms with Crippen molar-refractivity contribution >= 4 is 26.8 Å². The molecule has 4 heterocycles. The first-order chi connectivity index (χ1) is 15.6. The molecule has 1 aromatic carbocycles. The van der Waals surface area contributed by atoms with Crippen LogP contribution < -0.4 is 0 Å². The molecule has 11 heteroatoms. The minimum atomic E-state index is -2.95. The van der Waals surface area contributed by atoms with Crippen molar-refractivity contribution in [3.63, 3.8) is 0 Å². The Kier molecular flexibility index (Phi) is 5.19. The van der Waals surface area contributed by atoms with Gasteiger partial charge in [-0.1, -0.05) is 17.3 Å². The Hall–Kier alpha value is -2.95. The summed E-state index contributed by atoms with van der Waals surface area (Å²) >= 11 is 0. The van der Waals surface area contributed by atoms with Crippen LogP contribution in [0.5, 0.6) is 0 Å². The molecule has 0 saturated carbocycles. The fourth-order valence-electron chi connectivity index (χ4n) is 4.30. The molecular weight excluding hydrogens is 446 g/mol. The molecule has 0 unspecified atom stereocenters. The molecule has 0 atom stereocenters. The molecule has 0 bridgehead atoms. The Bertz CT molecular complexity index is 1290. The zero-order chi connectivity index (χ0) is 23.4. The quantitative estimate of drug-likeness (QED) is 0.569. The van der Waals surface area contributed by atoms with Crippen molar-refractivity contribution in [2.75, 3.05) is 24.6 Å². The van der Waals surface area contributed by atoms with Gasteiger partial charge in [-0.3, -0.25) is 4.68 Å². The van der Waals surface area contributed by atoms with Gasteiger partial charge >= 0.3 is 6.09 Å². The smallest absolute Gasteiger partial charge is 0.410 e. The number of piperidine rings is 1. The molecule has 10 nitrogen and oxygen atoms in total. The molecule has 2 aliphatic heterocycles. The minimum absolute atomic E-state index is 0.0828. The summed E-state index contributed by atoms with van der Waals surface area (Å²) in [5.74, 6) is 1.35. The van der Waals surface area contributed by atoms with Gasteiger partial charge in [-0.05, 0) is 39.7 Å². The lowest BCUT2D eigenvalue weighted by molar-refractivity contribution is 0.0198. The number of sulfone groups is 1. The summed E-state index contributed by atoms with van der Waals surface area (Å²) in [6.07, 6.45) is 2.90. The molecule has 1 amide bonds. The minimum Gasteiger partial charge on any atom is -0.444 e. The summed E-state index contributed by atoms with van der Waals surface area (Å²) < 4.78 is 36.0. The highest BCUT2D eigenvalue weighted by molar-refractivity contribution is 7.92. The van der Waals surface area contributed by atoms with E-state index >= 15 is 0 Å². The van der Waals surface area contributed by atoms with Gasteiger partial charge in [0.25, 0.3) is 0 Å². The summed E-state index contributed by atoms with van der Waals surface area (Å²) in [6.45, 7) is 6.72. The van der Waals surface area contributed by atoms with Crippen LogP contribution in [0.1, 0.15) is 51.5 Å². The Morgan fingerprint density at radius 2 is 1.91 bits per heavy atom. The number of ether oxygens (including phenoxy) is 1. The summed E-state index contributed by atoms with van der Waals surface area (Å²) in [4.78, 5) is 18.6. The first kappa shape index (κ1) is 21.9. The van der Waals surface area contributed by atoms with Crippen LogP contribution in [0.3, 0.4) is 0 Å². The lowest BCUT2D eigenvalue weighted by Gasteiger charge is -2.32. The summed E-state index contributed by atoms with van der Waals surface area (Å²) in [7, 11) is -2.95. The lowest BCUT2D eigenvalue weighted by atomic mass is 9.97. The van der Waals surface area contributed by atoms with Crippen molar-refractivity contribution in [2.24, 2.45) is 0 Å². The highest BCUT2D eigenvalue weighted by Gasteiger charge is 2.36. The first-order valence-electron chi connectivity index (χ1n) is 11.1. The van der Waals surface area contributed by atoms with E-state index in [-0.39, 0.29) is 29.6 Å². The van der Waals surface area contributed by atoms with Crippen LogP contribution in [0.4, 0.5) is 4.79 Å². The predicted molar refractivity (Wildman–Crippen MR) is 120 cm³/mol. The van der Waals surface area contributed by atoms with Crippen LogP contribution in [-0.2, 0) is 14.6 Å². The number of aromatic nitrogens is 4. The summed E-state index contributed by atoms with van der Waals surface area (Å²) in [5, 5.41) is 9.49. The Morgan fingerprint density at radius 3 is 2.58 bits per heavy atom. The zero-order valence-corrected chi connectivity index (χ0v) is 19.7. The average Bonchev–Trinajstić information content (AvgIpc) is 3.38. The molecule has 0 radical (unpaired) electrons. The first-order valence-corrected chi connectivity index (χ1v) is 12.9. The predicted octanol–water partition coefficient (Wildman–Crippen LogP) is 3.17. The largest absolute Gasteiger partial charge is 0.444 e. The summed E-state index contributed by atoms with van der Waals surface area (Å²) in [5.41, 5.74) is 1.12. The van der Waals surface area contributed by atoms with E-state index in [0.29, 0.717) is 24.8 Å². The fourth-order valence-corrected chi connectivity index (χ4v) is 5.66. The monoisotopic (exact) mass is 473 g/mol. The highest BCUT2D eigenvalue weighted by Crippen LogP contribution is 2.32. The number of amides is 1. The van der Waals surface area contributed by atoms with E-state index in [9.17, 15) is 13.2 Å². The SMILES string of the molecule is CC(C)(C)OC(=O)N1CCC(c2nc(-c3ccc4cnn(C5CS(=O)(=O)C5)c4c3)no2)CC1. The lowest BCUT2D eigenvalue weighted by Crippen LogP contribution is -2.41. The molecule has 0 spiro atoms. The van der Waals surface area contributed by atoms with Gasteiger partial charge in [-0.2, -0.15) is 10.1 Å². The van der Waals surface area contributed by atoms with Crippen LogP contribution in [0.2, 0.25) is 0 Å². The van der Waals surface area contributed by atoms with Gasteiger partial charge < -0.3 is 14.2 Å². The van der Waals surface area contributed by atoms with E-state index in [2.05, 4.69) is 15.2 Å². The Labute approximate surface area is 191 Å². The van der Waals surface area contributed by atoms with E-state index in [0.717, 1.165) is 29.3 Å². The third-order valence-electron chi connectivity index (χ3n) is 6.03. The van der Waals surface area contributed by atoms with Gasteiger partial charge in [0, 0.05) is 30.0 Å². The zero-order valence-electron chi connectivity index (χ0n) is 18.9. The van der Waals surface area contributed by atoms with Crippen LogP contribution in [-0.4, -0.2) is 69.5 Å². The molecular formula is C22H27N5O5S. The average molecular weight is 474 g/mol. The van der Waals surface area contributed by atoms with Gasteiger partial charge in [-0.15, -0.1) is 0 Å². The maximum atomic E-state index is 12.3. The van der Waals surface area contributed by atoms with Crippen molar-refractivity contribution in [3.05, 3.63) is 30.3 Å². The number of fused-ring (bicyclic) bond motifs is 1. The second kappa shape index (κ2) is 7.82. The van der Waals surface area contributed by atoms with Gasteiger partial charge in [0.05, 0.1) is 29.3 Å². The number of hydrogen-bond donors (Lipinski definition) is 0. The molecule has 2 aromatic heterocycles. The molecule has 33 heavy (non-hydrogen) atoms. The second-order valence-electron chi connectivity index (χ2n) is 9.79. The number of carbonyl (C=O) groups excluding carboxylic acids is 1. The van der Waals surface area contributed by atoms with Crippen molar-refractivity contribution in [2.45, 2.75) is 51.2 Å². The standard InChI is InChI=1S/C22H27N5O5S/c1-22(2,3)31-21(28)26-8-6-14(7-9-26)20-24-19(25-32-20)15-4-5-16-11-23-27(18(16)10-15)17-12-33(29,30)13-17/h4-5,10-11,14,17H,6-9,12-13H2,1-3H3. The van der Waals surface area contributed by atoms with Gasteiger partial charge in [0.15, 0.2) is 9.84 Å². The number of rotatable bonds is 3. The van der Waals surface area contributed by atoms with E-state index in [1.54, 1.807) is 15.8 Å². The molecule has 176 valence electrons. The van der Waals surface area contributed by atoms with Crippen LogP contribution >= 0.6 is 0 Å².